The zero-order valence-electron chi connectivity index (χ0n) is 8.77. The molecule has 0 aromatic rings. The van der Waals surface area contributed by atoms with Crippen LogP contribution in [0.15, 0.2) is 0 Å². The predicted molar refractivity (Wildman–Crippen MR) is 61.4 cm³/mol. The average molecular weight is 253 g/mol. The van der Waals surface area contributed by atoms with Crippen molar-refractivity contribution >= 4 is 22.2 Å². The molecule has 0 spiro atoms. The molecular weight excluding hydrogens is 236 g/mol. The molecule has 1 rings (SSSR count). The van der Waals surface area contributed by atoms with Gasteiger partial charge in [-0.25, -0.2) is 8.42 Å². The van der Waals surface area contributed by atoms with Gasteiger partial charge in [0.05, 0.1) is 16.7 Å². The lowest BCUT2D eigenvalue weighted by Gasteiger charge is -2.32. The van der Waals surface area contributed by atoms with E-state index in [-0.39, 0.29) is 17.7 Å². The summed E-state index contributed by atoms with van der Waals surface area (Å²) in [6.07, 6.45) is 3.63. The average Bonchev–Trinajstić information content (AvgIpc) is 2.16. The van der Waals surface area contributed by atoms with E-state index >= 15 is 0 Å². The van der Waals surface area contributed by atoms with Crippen LogP contribution in [0, 0.1) is 16.7 Å². The lowest BCUT2D eigenvalue weighted by molar-refractivity contribution is 0.278. The van der Waals surface area contributed by atoms with Crippen LogP contribution >= 0.6 is 12.4 Å². The molecule has 0 aliphatic heterocycles. The van der Waals surface area contributed by atoms with Crippen LogP contribution in [0.5, 0.6) is 0 Å². The molecule has 6 heteroatoms. The van der Waals surface area contributed by atoms with Crippen LogP contribution in [0.2, 0.25) is 0 Å². The highest BCUT2D eigenvalue weighted by molar-refractivity contribution is 7.91. The minimum atomic E-state index is -2.94. The van der Waals surface area contributed by atoms with Gasteiger partial charge in [0.25, 0.3) is 0 Å². The van der Waals surface area contributed by atoms with E-state index in [4.69, 9.17) is 11.0 Å². The summed E-state index contributed by atoms with van der Waals surface area (Å²) < 4.78 is 22.5. The van der Waals surface area contributed by atoms with Crippen molar-refractivity contribution in [3.05, 3.63) is 0 Å². The van der Waals surface area contributed by atoms with Crippen molar-refractivity contribution in [3.8, 4) is 6.07 Å². The van der Waals surface area contributed by atoms with E-state index < -0.39 is 15.3 Å². The molecule has 0 amide bonds. The van der Waals surface area contributed by atoms with E-state index in [1.165, 1.54) is 6.26 Å². The van der Waals surface area contributed by atoms with Gasteiger partial charge in [0, 0.05) is 12.8 Å². The molecule has 0 bridgehead atoms. The summed E-state index contributed by atoms with van der Waals surface area (Å²) in [5, 5.41) is 8.68. The van der Waals surface area contributed by atoms with Crippen molar-refractivity contribution in [2.24, 2.45) is 11.1 Å². The Morgan fingerprint density at radius 3 is 2.20 bits per heavy atom. The van der Waals surface area contributed by atoms with E-state index in [2.05, 4.69) is 6.07 Å². The molecule has 15 heavy (non-hydrogen) atoms. The third-order valence-corrected chi connectivity index (χ3v) is 4.81. The molecule has 0 heterocycles. The summed E-state index contributed by atoms with van der Waals surface area (Å²) >= 11 is 0. The highest BCUT2D eigenvalue weighted by Crippen LogP contribution is 2.36. The van der Waals surface area contributed by atoms with Gasteiger partial charge < -0.3 is 5.73 Å². The molecule has 1 aliphatic carbocycles. The maximum Gasteiger partial charge on any atom is 0.150 e. The summed E-state index contributed by atoms with van der Waals surface area (Å²) in [6, 6.07) is 2.22. The van der Waals surface area contributed by atoms with Crippen molar-refractivity contribution in [2.45, 2.75) is 30.9 Å². The summed E-state index contributed by atoms with van der Waals surface area (Å²) in [5.74, 6) is 0. The van der Waals surface area contributed by atoms with Crippen LogP contribution in [0.25, 0.3) is 0 Å². The predicted octanol–water partition coefficient (Wildman–Crippen LogP) is 0.864. The van der Waals surface area contributed by atoms with Crippen molar-refractivity contribution in [3.63, 3.8) is 0 Å². The lowest BCUT2D eigenvalue weighted by atomic mass is 9.75. The largest absolute Gasteiger partial charge is 0.329 e. The van der Waals surface area contributed by atoms with E-state index in [1.54, 1.807) is 0 Å². The Bertz CT molecular complexity index is 340. The van der Waals surface area contributed by atoms with Gasteiger partial charge in [0.15, 0.2) is 0 Å². The molecule has 4 nitrogen and oxygen atoms in total. The Morgan fingerprint density at radius 2 is 1.93 bits per heavy atom. The Morgan fingerprint density at radius 1 is 1.47 bits per heavy atom. The third-order valence-electron chi connectivity index (χ3n) is 3.12. The van der Waals surface area contributed by atoms with Gasteiger partial charge in [0.2, 0.25) is 0 Å². The first kappa shape index (κ1) is 14.7. The Kier molecular flexibility index (Phi) is 5.04. The molecule has 0 aromatic carbocycles. The first-order valence-corrected chi connectivity index (χ1v) is 6.69. The van der Waals surface area contributed by atoms with Crippen LogP contribution < -0.4 is 5.73 Å². The van der Waals surface area contributed by atoms with E-state index in [1.807, 2.05) is 0 Å². The number of halogens is 1. The zero-order valence-corrected chi connectivity index (χ0v) is 10.4. The van der Waals surface area contributed by atoms with Crippen molar-refractivity contribution in [1.29, 1.82) is 5.26 Å². The number of sulfone groups is 1. The standard InChI is InChI=1S/C9H16N2O2S.ClH/c1-14(12,13)8-2-4-9(6-10,7-11)5-3-8;/h8H,2-6,10H2,1H3;1H. The minimum Gasteiger partial charge on any atom is -0.329 e. The maximum absolute atomic E-state index is 11.3. The van der Waals surface area contributed by atoms with Gasteiger partial charge in [-0.3, -0.25) is 0 Å². The highest BCUT2D eigenvalue weighted by Gasteiger charge is 2.37. The molecule has 0 saturated heterocycles. The lowest BCUT2D eigenvalue weighted by Crippen LogP contribution is -2.37. The first-order chi connectivity index (χ1) is 6.43. The molecular formula is C9H17ClN2O2S. The molecule has 0 radical (unpaired) electrons. The monoisotopic (exact) mass is 252 g/mol. The number of hydrogen-bond donors (Lipinski definition) is 1. The first-order valence-electron chi connectivity index (χ1n) is 4.74. The summed E-state index contributed by atoms with van der Waals surface area (Å²) in [5.41, 5.74) is 5.06. The topological polar surface area (TPSA) is 84.0 Å². The zero-order chi connectivity index (χ0) is 10.8. The second-order valence-corrected chi connectivity index (χ2v) is 6.45. The van der Waals surface area contributed by atoms with Gasteiger partial charge in [0.1, 0.15) is 9.84 Å². The van der Waals surface area contributed by atoms with Gasteiger partial charge in [-0.15, -0.1) is 12.4 Å². The van der Waals surface area contributed by atoms with E-state index in [9.17, 15) is 8.42 Å². The molecule has 1 fully saturated rings. The van der Waals surface area contributed by atoms with E-state index in [0.29, 0.717) is 32.2 Å². The highest BCUT2D eigenvalue weighted by atomic mass is 35.5. The van der Waals surface area contributed by atoms with Crippen LogP contribution in [-0.4, -0.2) is 26.5 Å². The summed E-state index contributed by atoms with van der Waals surface area (Å²) in [7, 11) is -2.94. The minimum absolute atomic E-state index is 0. The molecule has 88 valence electrons. The van der Waals surface area contributed by atoms with Gasteiger partial charge in [-0.2, -0.15) is 5.26 Å². The molecule has 2 N–H and O–H groups in total. The number of rotatable bonds is 2. The molecule has 0 aromatic heterocycles. The SMILES string of the molecule is CS(=O)(=O)C1CCC(C#N)(CN)CC1.Cl. The Hall–Kier alpha value is -0.310. The van der Waals surface area contributed by atoms with Gasteiger partial charge >= 0.3 is 0 Å². The van der Waals surface area contributed by atoms with Gasteiger partial charge in [-0.05, 0) is 25.7 Å². The third kappa shape index (κ3) is 3.33. The van der Waals surface area contributed by atoms with Crippen LogP contribution in [-0.2, 0) is 9.84 Å². The number of nitrogens with two attached hydrogens (primary N) is 1. The van der Waals surface area contributed by atoms with Gasteiger partial charge in [-0.1, -0.05) is 0 Å². The Labute approximate surface area is 97.2 Å². The number of nitrogens with zero attached hydrogens (tertiary/aromatic N) is 1. The summed E-state index contributed by atoms with van der Waals surface area (Å²) in [4.78, 5) is 0. The van der Waals surface area contributed by atoms with Crippen molar-refractivity contribution < 1.29 is 8.42 Å². The second kappa shape index (κ2) is 5.15. The normalized spacial score (nSPS) is 31.4. The number of hydrogen-bond acceptors (Lipinski definition) is 4. The molecule has 1 aliphatic rings. The fourth-order valence-electron chi connectivity index (χ4n) is 1.93. The second-order valence-electron chi connectivity index (χ2n) is 4.13. The number of nitriles is 1. The maximum atomic E-state index is 11.3. The fraction of sp³-hybridized carbons (Fsp3) is 0.889. The molecule has 1 saturated carbocycles. The van der Waals surface area contributed by atoms with E-state index in [0.717, 1.165) is 0 Å². The smallest absolute Gasteiger partial charge is 0.150 e. The Balaban J connectivity index is 0.00000196. The van der Waals surface area contributed by atoms with Crippen molar-refractivity contribution in [1.82, 2.24) is 0 Å². The van der Waals surface area contributed by atoms with Crippen molar-refractivity contribution in [2.75, 3.05) is 12.8 Å². The quantitative estimate of drug-likeness (QED) is 0.790. The molecule has 0 atom stereocenters. The molecule has 0 unspecified atom stereocenters. The van der Waals surface area contributed by atoms with Crippen LogP contribution in [0.4, 0.5) is 0 Å². The van der Waals surface area contributed by atoms with Crippen LogP contribution in [0.3, 0.4) is 0 Å². The summed E-state index contributed by atoms with van der Waals surface area (Å²) in [6.45, 7) is 0.333. The van der Waals surface area contributed by atoms with Crippen LogP contribution in [0.1, 0.15) is 25.7 Å². The fourth-order valence-corrected chi connectivity index (χ4v) is 3.03.